The van der Waals surface area contributed by atoms with Crippen LogP contribution in [-0.4, -0.2) is 43.6 Å². The fourth-order valence-corrected chi connectivity index (χ4v) is 2.46. The molecule has 0 aromatic heterocycles. The van der Waals surface area contributed by atoms with Crippen LogP contribution in [0.5, 0.6) is 5.75 Å². The zero-order chi connectivity index (χ0) is 20.7. The van der Waals surface area contributed by atoms with Gasteiger partial charge in [0, 0.05) is 19.2 Å². The van der Waals surface area contributed by atoms with E-state index in [0.29, 0.717) is 12.3 Å². The van der Waals surface area contributed by atoms with E-state index in [1.54, 1.807) is 43.3 Å². The predicted octanol–water partition coefficient (Wildman–Crippen LogP) is 3.19. The average Bonchev–Trinajstić information content (AvgIpc) is 2.66. The molecule has 8 heteroatoms. The highest BCUT2D eigenvalue weighted by molar-refractivity contribution is 5.94. The standard InChI is InChI=1S/C20H21F3N2O3/c1-25(18(26)11-14-5-9-17(28-2)10-6-14)12-15-3-7-16(8-4-15)19(27)24-13-20(21,22)23/h3-10H,11-13H2,1-2H3,(H,24,27). The minimum Gasteiger partial charge on any atom is -0.497 e. The molecule has 0 spiro atoms. The normalized spacial score (nSPS) is 11.0. The monoisotopic (exact) mass is 394 g/mol. The Kier molecular flexibility index (Phi) is 7.03. The zero-order valence-electron chi connectivity index (χ0n) is 15.5. The lowest BCUT2D eigenvalue weighted by atomic mass is 10.1. The summed E-state index contributed by atoms with van der Waals surface area (Å²) in [7, 11) is 3.23. The molecule has 0 saturated heterocycles. The molecule has 0 radical (unpaired) electrons. The van der Waals surface area contributed by atoms with Gasteiger partial charge in [-0.05, 0) is 35.4 Å². The fourth-order valence-electron chi connectivity index (χ4n) is 2.46. The summed E-state index contributed by atoms with van der Waals surface area (Å²) >= 11 is 0. The number of benzene rings is 2. The maximum Gasteiger partial charge on any atom is 0.405 e. The maximum atomic E-state index is 12.3. The van der Waals surface area contributed by atoms with Crippen molar-refractivity contribution in [3.8, 4) is 5.75 Å². The van der Waals surface area contributed by atoms with Crippen molar-refractivity contribution < 1.29 is 27.5 Å². The molecule has 0 fully saturated rings. The van der Waals surface area contributed by atoms with E-state index in [4.69, 9.17) is 4.74 Å². The Morgan fingerprint density at radius 2 is 1.57 bits per heavy atom. The fraction of sp³-hybridized carbons (Fsp3) is 0.300. The lowest BCUT2D eigenvalue weighted by molar-refractivity contribution is -0.129. The summed E-state index contributed by atoms with van der Waals surface area (Å²) in [5.41, 5.74) is 1.74. The van der Waals surface area contributed by atoms with Crippen LogP contribution >= 0.6 is 0 Å². The number of hydrogen-bond donors (Lipinski definition) is 1. The van der Waals surface area contributed by atoms with E-state index in [-0.39, 0.29) is 17.9 Å². The molecule has 2 amide bonds. The van der Waals surface area contributed by atoms with E-state index < -0.39 is 18.6 Å². The molecule has 2 aromatic carbocycles. The highest BCUT2D eigenvalue weighted by Gasteiger charge is 2.27. The van der Waals surface area contributed by atoms with Crippen molar-refractivity contribution in [2.45, 2.75) is 19.1 Å². The SMILES string of the molecule is COc1ccc(CC(=O)N(C)Cc2ccc(C(=O)NCC(F)(F)F)cc2)cc1. The second-order valence-electron chi connectivity index (χ2n) is 6.27. The molecule has 1 N–H and O–H groups in total. The summed E-state index contributed by atoms with van der Waals surface area (Å²) in [5.74, 6) is -0.172. The number of ether oxygens (including phenoxy) is 1. The van der Waals surface area contributed by atoms with Crippen LogP contribution in [-0.2, 0) is 17.8 Å². The van der Waals surface area contributed by atoms with E-state index in [1.807, 2.05) is 17.4 Å². The summed E-state index contributed by atoms with van der Waals surface area (Å²) in [6.45, 7) is -1.06. The van der Waals surface area contributed by atoms with Crippen LogP contribution in [0.25, 0.3) is 0 Å². The van der Waals surface area contributed by atoms with Gasteiger partial charge in [0.1, 0.15) is 12.3 Å². The highest BCUT2D eigenvalue weighted by Crippen LogP contribution is 2.14. The zero-order valence-corrected chi connectivity index (χ0v) is 15.5. The molecule has 0 heterocycles. The molecule has 0 aliphatic heterocycles. The molecule has 0 atom stereocenters. The number of likely N-dealkylation sites (N-methyl/N-ethyl adjacent to an activating group) is 1. The lowest BCUT2D eigenvalue weighted by Crippen LogP contribution is -2.33. The van der Waals surface area contributed by atoms with Gasteiger partial charge in [0.05, 0.1) is 13.5 Å². The van der Waals surface area contributed by atoms with E-state index >= 15 is 0 Å². The van der Waals surface area contributed by atoms with Gasteiger partial charge in [0.15, 0.2) is 0 Å². The van der Waals surface area contributed by atoms with Gasteiger partial charge in [-0.25, -0.2) is 0 Å². The number of methoxy groups -OCH3 is 1. The van der Waals surface area contributed by atoms with Gasteiger partial charge < -0.3 is 15.0 Å². The second kappa shape index (κ2) is 9.25. The molecule has 0 bridgehead atoms. The van der Waals surface area contributed by atoms with Crippen LogP contribution in [0.1, 0.15) is 21.5 Å². The Hall–Kier alpha value is -3.03. The molecule has 150 valence electrons. The van der Waals surface area contributed by atoms with Crippen LogP contribution in [0, 0.1) is 0 Å². The first kappa shape index (κ1) is 21.3. The van der Waals surface area contributed by atoms with Crippen molar-refractivity contribution in [2.24, 2.45) is 0 Å². The summed E-state index contributed by atoms with van der Waals surface area (Å²) < 4.78 is 41.5. The Bertz CT molecular complexity index is 803. The first-order chi connectivity index (χ1) is 13.2. The van der Waals surface area contributed by atoms with Crippen LogP contribution in [0.2, 0.25) is 0 Å². The third-order valence-electron chi connectivity index (χ3n) is 4.03. The molecule has 0 aliphatic carbocycles. The number of carbonyl (C=O) groups excluding carboxylic acids is 2. The summed E-state index contributed by atoms with van der Waals surface area (Å²) in [4.78, 5) is 25.6. The van der Waals surface area contributed by atoms with Crippen LogP contribution < -0.4 is 10.1 Å². The number of alkyl halides is 3. The lowest BCUT2D eigenvalue weighted by Gasteiger charge is -2.18. The van der Waals surface area contributed by atoms with Gasteiger partial charge >= 0.3 is 6.18 Å². The Balaban J connectivity index is 1.89. The van der Waals surface area contributed by atoms with Gasteiger partial charge in [0.2, 0.25) is 5.91 Å². The average molecular weight is 394 g/mol. The highest BCUT2D eigenvalue weighted by atomic mass is 19.4. The minimum absolute atomic E-state index is 0.0860. The molecular formula is C20H21F3N2O3. The number of nitrogens with one attached hydrogen (secondary N) is 1. The van der Waals surface area contributed by atoms with Gasteiger partial charge in [-0.15, -0.1) is 0 Å². The first-order valence-electron chi connectivity index (χ1n) is 8.49. The maximum absolute atomic E-state index is 12.3. The van der Waals surface area contributed by atoms with E-state index in [2.05, 4.69) is 0 Å². The molecule has 0 unspecified atom stereocenters. The number of halogens is 3. The molecule has 2 aromatic rings. The van der Waals surface area contributed by atoms with Crippen LogP contribution in [0.3, 0.4) is 0 Å². The minimum atomic E-state index is -4.46. The van der Waals surface area contributed by atoms with Gasteiger partial charge in [-0.2, -0.15) is 13.2 Å². The van der Waals surface area contributed by atoms with Crippen molar-refractivity contribution >= 4 is 11.8 Å². The van der Waals surface area contributed by atoms with Gasteiger partial charge in [-0.3, -0.25) is 9.59 Å². The molecular weight excluding hydrogens is 373 g/mol. The van der Waals surface area contributed by atoms with Crippen molar-refractivity contribution in [2.75, 3.05) is 20.7 Å². The Morgan fingerprint density at radius 1 is 1.00 bits per heavy atom. The number of carbonyl (C=O) groups is 2. The van der Waals surface area contributed by atoms with Gasteiger partial charge in [-0.1, -0.05) is 24.3 Å². The molecule has 0 saturated carbocycles. The Morgan fingerprint density at radius 3 is 2.11 bits per heavy atom. The van der Waals surface area contributed by atoms with E-state index in [0.717, 1.165) is 11.1 Å². The summed E-state index contributed by atoms with van der Waals surface area (Å²) in [6, 6.07) is 13.3. The van der Waals surface area contributed by atoms with E-state index in [9.17, 15) is 22.8 Å². The largest absolute Gasteiger partial charge is 0.497 e. The smallest absolute Gasteiger partial charge is 0.405 e. The number of hydrogen-bond acceptors (Lipinski definition) is 3. The Labute approximate surface area is 161 Å². The van der Waals surface area contributed by atoms with Crippen LogP contribution in [0.15, 0.2) is 48.5 Å². The molecule has 2 rings (SSSR count). The van der Waals surface area contributed by atoms with Crippen molar-refractivity contribution in [3.05, 3.63) is 65.2 Å². The van der Waals surface area contributed by atoms with Crippen molar-refractivity contribution in [1.29, 1.82) is 0 Å². The molecule has 5 nitrogen and oxygen atoms in total. The second-order valence-corrected chi connectivity index (χ2v) is 6.27. The predicted molar refractivity (Wildman–Crippen MR) is 98.0 cm³/mol. The number of rotatable bonds is 7. The van der Waals surface area contributed by atoms with Crippen LogP contribution in [0.4, 0.5) is 13.2 Å². The molecule has 0 aliphatic rings. The van der Waals surface area contributed by atoms with Crippen molar-refractivity contribution in [1.82, 2.24) is 10.2 Å². The third-order valence-corrected chi connectivity index (χ3v) is 4.03. The third kappa shape index (κ3) is 6.61. The number of amides is 2. The van der Waals surface area contributed by atoms with E-state index in [1.165, 1.54) is 12.1 Å². The van der Waals surface area contributed by atoms with Crippen molar-refractivity contribution in [3.63, 3.8) is 0 Å². The topological polar surface area (TPSA) is 58.6 Å². The number of nitrogens with zero attached hydrogens (tertiary/aromatic N) is 1. The molecule has 28 heavy (non-hydrogen) atoms. The first-order valence-corrected chi connectivity index (χ1v) is 8.49. The summed E-state index contributed by atoms with van der Waals surface area (Å²) in [6.07, 6.45) is -4.22. The summed E-state index contributed by atoms with van der Waals surface area (Å²) in [5, 5.41) is 1.82. The van der Waals surface area contributed by atoms with Gasteiger partial charge in [0.25, 0.3) is 5.91 Å². The quantitative estimate of drug-likeness (QED) is 0.785.